The first-order chi connectivity index (χ1) is 23.2. The Morgan fingerprint density at radius 3 is 1.72 bits per heavy atom. The highest BCUT2D eigenvalue weighted by Crippen LogP contribution is 2.29. The van der Waals surface area contributed by atoms with Gasteiger partial charge < -0.3 is 38.1 Å². The first kappa shape index (κ1) is 32.4. The monoisotopic (exact) mass is 642 g/mol. The third kappa shape index (κ3) is 8.82. The number of carbonyl (C=O) groups excluding carboxylic acids is 1. The minimum absolute atomic E-state index is 0.120. The van der Waals surface area contributed by atoms with Crippen LogP contribution in [0.1, 0.15) is 1.37 Å². The molecule has 47 heavy (non-hydrogen) atoms. The highest BCUT2D eigenvalue weighted by Gasteiger charge is 2.09. The molecule has 11 N–H and O–H groups in total. The maximum absolute atomic E-state index is 11.5. The van der Waals surface area contributed by atoms with Crippen LogP contribution in [0.15, 0.2) is 73.1 Å². The summed E-state index contributed by atoms with van der Waals surface area (Å²) in [6, 6.07) is 19.3. The Morgan fingerprint density at radius 1 is 0.809 bits per heavy atom. The van der Waals surface area contributed by atoms with Crippen molar-refractivity contribution in [2.75, 3.05) is 69.5 Å². The van der Waals surface area contributed by atoms with Gasteiger partial charge in [-0.3, -0.25) is 14.6 Å². The molecule has 0 fully saturated rings. The number of H-pyrrole nitrogens is 2. The van der Waals surface area contributed by atoms with Gasteiger partial charge in [0.2, 0.25) is 0 Å². The van der Waals surface area contributed by atoms with E-state index in [0.717, 1.165) is 55.7 Å². The molecule has 2 aromatic carbocycles. The molecule has 6 aromatic rings. The van der Waals surface area contributed by atoms with Gasteiger partial charge in [0.1, 0.15) is 11.6 Å². The molecule has 15 heteroatoms. The van der Waals surface area contributed by atoms with E-state index < -0.39 is 7.15 Å². The van der Waals surface area contributed by atoms with E-state index >= 15 is 0 Å². The Bertz CT molecular complexity index is 1900. The van der Waals surface area contributed by atoms with Crippen LogP contribution in [-0.2, 0) is 0 Å². The minimum atomic E-state index is -1.00. The predicted octanol–water partition coefficient (Wildman–Crippen LogP) is 4.05. The molecular formula is C32H40FN13O. The van der Waals surface area contributed by atoms with Crippen LogP contribution in [0, 0.1) is 0 Å². The number of nitrogens with zero attached hydrogens (tertiary/aromatic N) is 5. The topological polar surface area (TPSA) is 218 Å². The van der Waals surface area contributed by atoms with Crippen LogP contribution in [-0.4, -0.2) is 88.7 Å². The Kier molecular flexibility index (Phi) is 11.3. The number of anilines is 4. The van der Waals surface area contributed by atoms with Crippen molar-refractivity contribution < 1.29 is 10.6 Å². The zero-order valence-corrected chi connectivity index (χ0v) is 26.2. The lowest BCUT2D eigenvalue weighted by Crippen LogP contribution is -2.37. The maximum atomic E-state index is 11.5. The second kappa shape index (κ2) is 16.4. The van der Waals surface area contributed by atoms with Gasteiger partial charge in [0.15, 0.2) is 0 Å². The molecule has 0 saturated carbocycles. The molecule has 0 aliphatic rings. The molecule has 4 heterocycles. The fourth-order valence-electron chi connectivity index (χ4n) is 4.69. The molecule has 4 aromatic heterocycles. The Morgan fingerprint density at radius 2 is 1.30 bits per heavy atom. The largest absolute Gasteiger partial charge is 0.384 e. The van der Waals surface area contributed by atoms with Gasteiger partial charge in [-0.05, 0) is 24.3 Å². The van der Waals surface area contributed by atoms with Crippen LogP contribution >= 0.6 is 0 Å². The van der Waals surface area contributed by atoms with Crippen LogP contribution in [0.2, 0.25) is 0 Å². The normalized spacial score (nSPS) is 10.7. The van der Waals surface area contributed by atoms with Crippen molar-refractivity contribution in [3.05, 3.63) is 73.1 Å². The third-order valence-electron chi connectivity index (χ3n) is 6.87. The van der Waals surface area contributed by atoms with E-state index in [1.165, 1.54) is 4.90 Å². The summed E-state index contributed by atoms with van der Waals surface area (Å²) in [4.78, 5) is 21.8. The van der Waals surface area contributed by atoms with Crippen LogP contribution < -0.4 is 33.2 Å². The Labute approximate surface area is 272 Å². The summed E-state index contributed by atoms with van der Waals surface area (Å²) in [6.07, 6.45) is 3.43. The van der Waals surface area contributed by atoms with Gasteiger partial charge in [0, 0.05) is 98.1 Å². The maximum Gasteiger partial charge on any atom is 0.316 e. The zero-order chi connectivity index (χ0) is 34.5. The minimum Gasteiger partial charge on any atom is -0.384 e. The molecular weight excluding hydrogens is 601 g/mol. The highest BCUT2D eigenvalue weighted by molar-refractivity contribution is 5.96. The predicted molar refractivity (Wildman–Crippen MR) is 188 cm³/mol. The SMILES string of the molecule is CN(C)C(=O)NCCNc1cc(N)nc2cc(-c3ccn[nH]3)ccc12.NCCNc1cc(N)nc2cc(-c3ccn[nH]3)ccc12.[2H]CF. The number of hydrogen-bond donors (Lipinski definition) is 8. The lowest BCUT2D eigenvalue weighted by atomic mass is 10.1. The first-order valence-electron chi connectivity index (χ1n) is 15.3. The van der Waals surface area contributed by atoms with Crippen LogP contribution in [0.4, 0.5) is 32.2 Å². The summed E-state index contributed by atoms with van der Waals surface area (Å²) in [5.41, 5.74) is 24.7. The van der Waals surface area contributed by atoms with Crippen LogP contribution in [0.5, 0.6) is 0 Å². The summed E-state index contributed by atoms with van der Waals surface area (Å²) < 4.78 is 15.5. The van der Waals surface area contributed by atoms with Gasteiger partial charge in [-0.25, -0.2) is 14.8 Å². The third-order valence-corrected chi connectivity index (χ3v) is 6.87. The van der Waals surface area contributed by atoms with Crippen molar-refractivity contribution in [2.24, 2.45) is 5.73 Å². The molecule has 6 rings (SSSR count). The molecule has 0 atom stereocenters. The van der Waals surface area contributed by atoms with Gasteiger partial charge >= 0.3 is 6.03 Å². The number of pyridine rings is 2. The van der Waals surface area contributed by atoms with E-state index in [1.807, 2.05) is 54.6 Å². The van der Waals surface area contributed by atoms with Gasteiger partial charge in [0.25, 0.3) is 0 Å². The van der Waals surface area contributed by atoms with E-state index in [-0.39, 0.29) is 6.03 Å². The lowest BCUT2D eigenvalue weighted by Gasteiger charge is -2.14. The van der Waals surface area contributed by atoms with Crippen molar-refractivity contribution in [3.8, 4) is 22.5 Å². The van der Waals surface area contributed by atoms with Crippen LogP contribution in [0.25, 0.3) is 44.3 Å². The fraction of sp³-hybridized carbons (Fsp3) is 0.219. The standard InChI is InChI=1S/C17H21N7O.C14H16N6.CH3F/c1-24(2)17(25)20-8-7-19-14-10-16(18)22-15-9-11(3-4-12(14)15)13-5-6-21-23-13;15-4-6-17-12-8-14(16)19-13-7-9(1-2-10(12)13)11-3-5-18-20-11;1-2/h3-6,9-10H,7-8H2,1-2H3,(H,20,25)(H,21,23)(H3,18,19,22);1-3,5,7-8H,4,6,15H2,(H,18,20)(H3,16,17,19);1H3/i;;1D. The number of nitrogen functional groups attached to an aromatic ring is 2. The van der Waals surface area contributed by atoms with E-state index in [9.17, 15) is 9.18 Å². The molecule has 0 spiro atoms. The summed E-state index contributed by atoms with van der Waals surface area (Å²) in [6.45, 7) is 2.35. The molecule has 246 valence electrons. The number of carbonyl (C=O) groups is 1. The molecule has 0 aliphatic heterocycles. The number of aromatic amines is 2. The van der Waals surface area contributed by atoms with E-state index in [0.29, 0.717) is 37.8 Å². The molecule has 0 bridgehead atoms. The average molecular weight is 643 g/mol. The van der Waals surface area contributed by atoms with Crippen molar-refractivity contribution >= 4 is 50.8 Å². The zero-order valence-electron chi connectivity index (χ0n) is 27.2. The quantitative estimate of drug-likeness (QED) is 0.106. The number of amides is 2. The number of fused-ring (bicyclic) bond motifs is 2. The van der Waals surface area contributed by atoms with E-state index in [1.54, 1.807) is 32.6 Å². The molecule has 0 aliphatic carbocycles. The summed E-state index contributed by atoms with van der Waals surface area (Å²) in [7, 11) is 2.41. The number of aromatic nitrogens is 6. The molecule has 14 nitrogen and oxygen atoms in total. The van der Waals surface area contributed by atoms with E-state index in [2.05, 4.69) is 46.3 Å². The Balaban J connectivity index is 0.000000204. The molecule has 0 saturated heterocycles. The van der Waals surface area contributed by atoms with Crippen molar-refractivity contribution in [1.82, 2.24) is 40.6 Å². The molecule has 0 unspecified atom stereocenters. The van der Waals surface area contributed by atoms with Crippen molar-refractivity contribution in [2.45, 2.75) is 0 Å². The van der Waals surface area contributed by atoms with E-state index in [4.69, 9.17) is 18.6 Å². The van der Waals surface area contributed by atoms with Gasteiger partial charge in [-0.2, -0.15) is 10.2 Å². The number of halogens is 1. The van der Waals surface area contributed by atoms with Crippen molar-refractivity contribution in [1.29, 1.82) is 0 Å². The number of nitrogens with one attached hydrogen (secondary N) is 5. The number of benzene rings is 2. The summed E-state index contributed by atoms with van der Waals surface area (Å²) >= 11 is 0. The lowest BCUT2D eigenvalue weighted by molar-refractivity contribution is 0.218. The number of urea groups is 1. The summed E-state index contributed by atoms with van der Waals surface area (Å²) in [5.74, 6) is 0.924. The van der Waals surface area contributed by atoms with Gasteiger partial charge in [-0.1, -0.05) is 24.3 Å². The van der Waals surface area contributed by atoms with Gasteiger partial charge in [-0.15, -0.1) is 0 Å². The molecule has 0 radical (unpaired) electrons. The highest BCUT2D eigenvalue weighted by atomic mass is 19.1. The first-order valence-corrected chi connectivity index (χ1v) is 14.6. The fourth-order valence-corrected chi connectivity index (χ4v) is 4.69. The second-order valence-corrected chi connectivity index (χ2v) is 10.4. The molecule has 2 amide bonds. The van der Waals surface area contributed by atoms with Gasteiger partial charge in [0.05, 0.1) is 30.9 Å². The average Bonchev–Trinajstić information content (AvgIpc) is 3.81. The number of nitrogens with two attached hydrogens (primary N) is 3. The van der Waals surface area contributed by atoms with Crippen LogP contribution in [0.3, 0.4) is 0 Å². The number of hydrogen-bond acceptors (Lipinski definition) is 10. The summed E-state index contributed by atoms with van der Waals surface area (Å²) in [5, 5.41) is 25.2. The number of alkyl halides is 1. The van der Waals surface area contributed by atoms with Crippen molar-refractivity contribution in [3.63, 3.8) is 0 Å². The Hall–Kier alpha value is -5.96. The smallest absolute Gasteiger partial charge is 0.316 e. The number of rotatable bonds is 9. The second-order valence-electron chi connectivity index (χ2n) is 10.4.